The molecule has 1 heterocycles. The maximum atomic E-state index is 5.37. The zero-order chi connectivity index (χ0) is 34.7. The Labute approximate surface area is 304 Å². The first-order chi connectivity index (χ1) is 25.8. The van der Waals surface area contributed by atoms with E-state index in [2.05, 4.69) is 194 Å². The van der Waals surface area contributed by atoms with Crippen LogP contribution in [0.1, 0.15) is 22.3 Å². The van der Waals surface area contributed by atoms with Crippen LogP contribution in [0.5, 0.6) is 0 Å². The first-order valence-electron chi connectivity index (χ1n) is 17.7. The van der Waals surface area contributed by atoms with Crippen molar-refractivity contribution in [1.29, 1.82) is 0 Å². The number of hydrogen-bond donors (Lipinski definition) is 0. The average Bonchev–Trinajstić information content (AvgIpc) is 3.23. The van der Waals surface area contributed by atoms with Gasteiger partial charge in [-0.2, -0.15) is 0 Å². The molecule has 0 atom stereocenters. The molecule has 0 unspecified atom stereocenters. The van der Waals surface area contributed by atoms with E-state index in [1.54, 1.807) is 0 Å². The maximum absolute atomic E-state index is 5.37. The molecule has 0 radical (unpaired) electrons. The molecule has 1 aliphatic rings. The van der Waals surface area contributed by atoms with Crippen molar-refractivity contribution in [3.05, 3.63) is 229 Å². The van der Waals surface area contributed by atoms with Gasteiger partial charge in [0, 0.05) is 22.3 Å². The topological polar surface area (TPSA) is 24.7 Å². The van der Waals surface area contributed by atoms with Crippen molar-refractivity contribution >= 4 is 22.8 Å². The molecule has 0 aromatic heterocycles. The molecule has 0 N–H and O–H groups in total. The minimum atomic E-state index is 0.895. The van der Waals surface area contributed by atoms with Crippen molar-refractivity contribution in [2.24, 2.45) is 9.98 Å². The quantitative estimate of drug-likeness (QED) is 0.169. The number of hydrogen-bond acceptors (Lipinski definition) is 2. The maximum Gasteiger partial charge on any atom is 0.0803 e. The Morgan fingerprint density at radius 2 is 0.423 bits per heavy atom. The van der Waals surface area contributed by atoms with Crippen LogP contribution in [0, 0.1) is 0 Å². The number of nitrogens with zero attached hydrogens (tertiary/aromatic N) is 2. The van der Waals surface area contributed by atoms with Crippen LogP contribution < -0.4 is 0 Å². The van der Waals surface area contributed by atoms with Gasteiger partial charge in [-0.25, -0.2) is 9.98 Å². The summed E-state index contributed by atoms with van der Waals surface area (Å²) in [5, 5.41) is 0. The summed E-state index contributed by atoms with van der Waals surface area (Å²) in [5.41, 5.74) is 17.3. The van der Waals surface area contributed by atoms with E-state index in [4.69, 9.17) is 9.98 Å². The summed E-state index contributed by atoms with van der Waals surface area (Å²) in [5.74, 6) is 0. The van der Waals surface area contributed by atoms with Gasteiger partial charge in [-0.3, -0.25) is 0 Å². The van der Waals surface area contributed by atoms with Gasteiger partial charge in [0.05, 0.1) is 22.8 Å². The molecule has 1 aliphatic heterocycles. The van der Waals surface area contributed by atoms with Crippen LogP contribution in [-0.4, -0.2) is 11.4 Å². The van der Waals surface area contributed by atoms with Gasteiger partial charge in [-0.1, -0.05) is 194 Å². The van der Waals surface area contributed by atoms with Crippen molar-refractivity contribution in [3.63, 3.8) is 0 Å². The number of rotatable bonds is 6. The highest BCUT2D eigenvalue weighted by Gasteiger charge is 2.20. The lowest BCUT2D eigenvalue weighted by atomic mass is 9.94. The first kappa shape index (κ1) is 31.1. The molecule has 0 saturated heterocycles. The second-order valence-electron chi connectivity index (χ2n) is 13.0. The van der Waals surface area contributed by atoms with Crippen LogP contribution in [0.25, 0.3) is 44.5 Å². The molecule has 244 valence electrons. The summed E-state index contributed by atoms with van der Waals surface area (Å²) in [4.78, 5) is 10.7. The number of fused-ring (bicyclic) bond motifs is 2. The summed E-state index contributed by atoms with van der Waals surface area (Å²) in [7, 11) is 0. The lowest BCUT2D eigenvalue weighted by molar-refractivity contribution is 1.39. The molecular weight excluding hydrogens is 629 g/mol. The lowest BCUT2D eigenvalue weighted by Crippen LogP contribution is -2.10. The molecule has 8 aromatic carbocycles. The van der Waals surface area contributed by atoms with Crippen molar-refractivity contribution < 1.29 is 0 Å². The molecule has 0 spiro atoms. The third-order valence-electron chi connectivity index (χ3n) is 9.75. The molecule has 0 bridgehead atoms. The van der Waals surface area contributed by atoms with Crippen molar-refractivity contribution in [2.45, 2.75) is 0 Å². The largest absolute Gasteiger partial charge is 0.247 e. The van der Waals surface area contributed by atoms with Gasteiger partial charge < -0.3 is 0 Å². The van der Waals surface area contributed by atoms with Crippen molar-refractivity contribution in [2.75, 3.05) is 0 Å². The molecule has 52 heavy (non-hydrogen) atoms. The Hall–Kier alpha value is -6.90. The third-order valence-corrected chi connectivity index (χ3v) is 9.75. The Kier molecular flexibility index (Phi) is 8.24. The molecule has 0 saturated carbocycles. The Morgan fingerprint density at radius 1 is 0.192 bits per heavy atom. The monoisotopic (exact) mass is 662 g/mol. The average molecular weight is 663 g/mol. The zero-order valence-corrected chi connectivity index (χ0v) is 28.5. The second kappa shape index (κ2) is 13.8. The van der Waals surface area contributed by atoms with E-state index < -0.39 is 0 Å². The van der Waals surface area contributed by atoms with E-state index in [-0.39, 0.29) is 0 Å². The van der Waals surface area contributed by atoms with E-state index in [0.717, 1.165) is 45.1 Å². The number of benzene rings is 8. The van der Waals surface area contributed by atoms with E-state index in [1.807, 2.05) is 12.1 Å². The number of aliphatic imine (C=N–C) groups is 2. The molecule has 0 aliphatic carbocycles. The van der Waals surface area contributed by atoms with Gasteiger partial charge in [-0.15, -0.1) is 0 Å². The predicted molar refractivity (Wildman–Crippen MR) is 218 cm³/mol. The van der Waals surface area contributed by atoms with E-state index >= 15 is 0 Å². The summed E-state index contributed by atoms with van der Waals surface area (Å²) in [6.45, 7) is 0. The van der Waals surface area contributed by atoms with Crippen LogP contribution in [0.2, 0.25) is 0 Å². The minimum Gasteiger partial charge on any atom is -0.247 e. The normalized spacial score (nSPS) is 12.1. The fourth-order valence-corrected chi connectivity index (χ4v) is 6.96. The smallest absolute Gasteiger partial charge is 0.0803 e. The van der Waals surface area contributed by atoms with E-state index in [1.165, 1.54) is 44.5 Å². The first-order valence-corrected chi connectivity index (χ1v) is 17.7. The van der Waals surface area contributed by atoms with Crippen LogP contribution in [0.3, 0.4) is 0 Å². The van der Waals surface area contributed by atoms with Crippen LogP contribution in [0.4, 0.5) is 11.4 Å². The molecule has 9 rings (SSSR count). The minimum absolute atomic E-state index is 0.895. The lowest BCUT2D eigenvalue weighted by Gasteiger charge is -2.18. The summed E-state index contributed by atoms with van der Waals surface area (Å²) < 4.78 is 0. The van der Waals surface area contributed by atoms with Gasteiger partial charge in [-0.05, 0) is 56.6 Å². The van der Waals surface area contributed by atoms with E-state index in [9.17, 15) is 0 Å². The zero-order valence-electron chi connectivity index (χ0n) is 28.5. The van der Waals surface area contributed by atoms with Gasteiger partial charge in [0.25, 0.3) is 0 Å². The fourth-order valence-electron chi connectivity index (χ4n) is 6.96. The van der Waals surface area contributed by atoms with Crippen molar-refractivity contribution in [1.82, 2.24) is 0 Å². The molecule has 8 aromatic rings. The van der Waals surface area contributed by atoms with Gasteiger partial charge >= 0.3 is 0 Å². The highest BCUT2D eigenvalue weighted by Crippen LogP contribution is 2.35. The highest BCUT2D eigenvalue weighted by molar-refractivity contribution is 6.22. The fraction of sp³-hybridized carbons (Fsp3) is 0. The van der Waals surface area contributed by atoms with Gasteiger partial charge in [0.15, 0.2) is 0 Å². The molecule has 2 nitrogen and oxygen atoms in total. The SMILES string of the molecule is c1ccc(-c2ccc(-c3ccc(C4=Nc5ccccc5C(c5ccc(-c6ccc(-c7ccccc7)cc6)cc5)=Nc5ccccc54)cc3)cc2)cc1. The molecule has 0 fully saturated rings. The number of para-hydroxylation sites is 2. The molecule has 0 amide bonds. The van der Waals surface area contributed by atoms with Crippen molar-refractivity contribution in [3.8, 4) is 44.5 Å². The molecular formula is C50H34N2. The standard InChI is InChI=1S/C50H34N2/c1-3-11-35(12-4-1)37-19-23-39(24-20-37)41-27-31-43(32-28-41)49-45-15-7-9-17-47(45)52-50(46-16-8-10-18-48(46)51-49)44-33-29-42(30-34-44)40-25-21-38(22-26-40)36-13-5-2-6-14-36/h1-34H. The molecule has 2 heteroatoms. The Balaban J connectivity index is 1.04. The van der Waals surface area contributed by atoms with Gasteiger partial charge in [0.2, 0.25) is 0 Å². The summed E-state index contributed by atoms with van der Waals surface area (Å²) in [6.07, 6.45) is 0. The summed E-state index contributed by atoms with van der Waals surface area (Å²) in [6, 6.07) is 72.7. The van der Waals surface area contributed by atoms with Gasteiger partial charge in [0.1, 0.15) is 0 Å². The van der Waals surface area contributed by atoms with Crippen LogP contribution >= 0.6 is 0 Å². The predicted octanol–water partition coefficient (Wildman–Crippen LogP) is 13.0. The highest BCUT2D eigenvalue weighted by atomic mass is 14.8. The Bertz CT molecular complexity index is 2360. The van der Waals surface area contributed by atoms with Crippen LogP contribution in [0.15, 0.2) is 216 Å². The summed E-state index contributed by atoms with van der Waals surface area (Å²) >= 11 is 0. The Morgan fingerprint density at radius 3 is 0.731 bits per heavy atom. The van der Waals surface area contributed by atoms with Crippen LogP contribution in [-0.2, 0) is 0 Å². The van der Waals surface area contributed by atoms with E-state index in [0.29, 0.717) is 0 Å². The second-order valence-corrected chi connectivity index (χ2v) is 13.0. The third kappa shape index (κ3) is 6.19.